The molecule has 0 bridgehead atoms. The minimum absolute atomic E-state index is 0.0520. The second-order valence-electron chi connectivity index (χ2n) is 7.66. The van der Waals surface area contributed by atoms with E-state index in [0.29, 0.717) is 5.82 Å². The molecule has 5 nitrogen and oxygen atoms in total. The van der Waals surface area contributed by atoms with Gasteiger partial charge in [-0.25, -0.2) is 8.42 Å². The van der Waals surface area contributed by atoms with E-state index in [1.54, 1.807) is 4.57 Å². The van der Waals surface area contributed by atoms with E-state index in [2.05, 4.69) is 37.9 Å². The topological polar surface area (TPSA) is 64.8 Å². The summed E-state index contributed by atoms with van der Waals surface area (Å²) in [5, 5.41) is 7.82. The summed E-state index contributed by atoms with van der Waals surface area (Å²) in [6, 6.07) is 0. The maximum Gasteiger partial charge on any atom is 0.296 e. The number of halogens is 1. The van der Waals surface area contributed by atoms with Crippen LogP contribution >= 0.6 is 10.7 Å². The standard InChI is InChI=1S/C13H22ClN3O2S/c1-11(2,3)17-9(8-12(4,5)13(8,6)7)15-16-10(17)20(14,18)19/h8H,1-7H3. The van der Waals surface area contributed by atoms with Crippen LogP contribution in [-0.4, -0.2) is 23.2 Å². The van der Waals surface area contributed by atoms with Gasteiger partial charge in [-0.05, 0) is 31.6 Å². The third kappa shape index (κ3) is 2.08. The van der Waals surface area contributed by atoms with Crippen LogP contribution in [0.2, 0.25) is 0 Å². The smallest absolute Gasteiger partial charge is 0.295 e. The van der Waals surface area contributed by atoms with Gasteiger partial charge in [-0.3, -0.25) is 4.57 Å². The molecule has 1 aromatic heterocycles. The van der Waals surface area contributed by atoms with Crippen molar-refractivity contribution in [3.63, 3.8) is 0 Å². The summed E-state index contributed by atoms with van der Waals surface area (Å²) in [4.78, 5) is 0. The van der Waals surface area contributed by atoms with Crippen molar-refractivity contribution < 1.29 is 8.42 Å². The van der Waals surface area contributed by atoms with Gasteiger partial charge in [0.1, 0.15) is 5.82 Å². The average Bonchev–Trinajstić information content (AvgIpc) is 2.58. The van der Waals surface area contributed by atoms with Gasteiger partial charge in [0.2, 0.25) is 0 Å². The molecule has 1 aliphatic rings. The maximum absolute atomic E-state index is 11.7. The lowest BCUT2D eigenvalue weighted by molar-refractivity contribution is 0.346. The second-order valence-corrected chi connectivity index (χ2v) is 10.1. The molecule has 0 spiro atoms. The number of hydrogen-bond donors (Lipinski definition) is 0. The molecule has 0 atom stereocenters. The summed E-state index contributed by atoms with van der Waals surface area (Å²) in [6.45, 7) is 14.4. The van der Waals surface area contributed by atoms with Gasteiger partial charge in [-0.1, -0.05) is 27.7 Å². The molecule has 1 aromatic rings. The van der Waals surface area contributed by atoms with E-state index in [9.17, 15) is 8.42 Å². The first-order valence-electron chi connectivity index (χ1n) is 6.63. The second kappa shape index (κ2) is 3.97. The summed E-state index contributed by atoms with van der Waals surface area (Å²) >= 11 is 0. The molecule has 0 amide bonds. The summed E-state index contributed by atoms with van der Waals surface area (Å²) in [6.07, 6.45) is 0. The van der Waals surface area contributed by atoms with Crippen molar-refractivity contribution in [1.29, 1.82) is 0 Å². The Balaban J connectivity index is 2.67. The molecule has 114 valence electrons. The molecule has 2 rings (SSSR count). The third-order valence-electron chi connectivity index (χ3n) is 4.83. The number of nitrogens with zero attached hydrogens (tertiary/aromatic N) is 3. The largest absolute Gasteiger partial charge is 0.296 e. The molecule has 0 saturated heterocycles. The molecular weight excluding hydrogens is 298 g/mol. The third-order valence-corrected chi connectivity index (χ3v) is 5.94. The molecule has 20 heavy (non-hydrogen) atoms. The van der Waals surface area contributed by atoms with Gasteiger partial charge in [-0.15, -0.1) is 10.2 Å². The molecule has 1 heterocycles. The van der Waals surface area contributed by atoms with Crippen molar-refractivity contribution in [3.8, 4) is 0 Å². The van der Waals surface area contributed by atoms with E-state index in [-0.39, 0.29) is 21.9 Å². The van der Waals surface area contributed by atoms with Gasteiger partial charge >= 0.3 is 0 Å². The van der Waals surface area contributed by atoms with Crippen molar-refractivity contribution in [2.24, 2.45) is 10.8 Å². The fourth-order valence-electron chi connectivity index (χ4n) is 3.10. The van der Waals surface area contributed by atoms with Crippen LogP contribution in [0.25, 0.3) is 0 Å². The molecule has 7 heteroatoms. The Hall–Kier alpha value is -0.620. The zero-order valence-electron chi connectivity index (χ0n) is 13.0. The van der Waals surface area contributed by atoms with Crippen LogP contribution in [0.3, 0.4) is 0 Å². The highest BCUT2D eigenvalue weighted by atomic mass is 35.7. The Morgan fingerprint density at radius 3 is 1.85 bits per heavy atom. The highest BCUT2D eigenvalue weighted by molar-refractivity contribution is 8.13. The molecule has 1 saturated carbocycles. The Bertz CT molecular complexity index is 640. The highest BCUT2D eigenvalue weighted by Gasteiger charge is 2.67. The molecule has 0 aromatic carbocycles. The minimum Gasteiger partial charge on any atom is -0.295 e. The molecule has 0 N–H and O–H groups in total. The quantitative estimate of drug-likeness (QED) is 0.786. The van der Waals surface area contributed by atoms with Crippen molar-refractivity contribution in [1.82, 2.24) is 14.8 Å². The van der Waals surface area contributed by atoms with Crippen molar-refractivity contribution in [2.75, 3.05) is 0 Å². The molecule has 0 aliphatic heterocycles. The maximum atomic E-state index is 11.7. The van der Waals surface area contributed by atoms with Crippen LogP contribution in [0, 0.1) is 10.8 Å². The van der Waals surface area contributed by atoms with Gasteiger partial charge < -0.3 is 0 Å². The predicted molar refractivity (Wildman–Crippen MR) is 78.4 cm³/mol. The van der Waals surface area contributed by atoms with Crippen LogP contribution in [0.15, 0.2) is 5.16 Å². The van der Waals surface area contributed by atoms with E-state index >= 15 is 0 Å². The predicted octanol–water partition coefficient (Wildman–Crippen LogP) is 3.11. The van der Waals surface area contributed by atoms with Gasteiger partial charge in [0.15, 0.2) is 0 Å². The molecule has 0 radical (unpaired) electrons. The lowest BCUT2D eigenvalue weighted by atomic mass is 10.0. The van der Waals surface area contributed by atoms with Crippen molar-refractivity contribution in [2.45, 2.75) is 65.1 Å². The van der Waals surface area contributed by atoms with E-state index in [1.165, 1.54) is 0 Å². The molecule has 0 unspecified atom stereocenters. The van der Waals surface area contributed by atoms with Crippen LogP contribution < -0.4 is 0 Å². The minimum atomic E-state index is -3.91. The fraction of sp³-hybridized carbons (Fsp3) is 0.846. The van der Waals surface area contributed by atoms with E-state index < -0.39 is 14.6 Å². The molecular formula is C13H22ClN3O2S. The zero-order valence-corrected chi connectivity index (χ0v) is 14.6. The van der Waals surface area contributed by atoms with Crippen molar-refractivity contribution in [3.05, 3.63) is 5.82 Å². The summed E-state index contributed by atoms with van der Waals surface area (Å²) in [5.41, 5.74) is -0.350. The van der Waals surface area contributed by atoms with E-state index in [1.807, 2.05) is 20.8 Å². The highest BCUT2D eigenvalue weighted by Crippen LogP contribution is 2.73. The summed E-state index contributed by atoms with van der Waals surface area (Å²) in [7, 11) is 1.58. The number of hydrogen-bond acceptors (Lipinski definition) is 4. The normalized spacial score (nSPS) is 22.0. The van der Waals surface area contributed by atoms with Crippen molar-refractivity contribution >= 4 is 19.7 Å². The fourth-order valence-corrected chi connectivity index (χ4v) is 4.12. The van der Waals surface area contributed by atoms with E-state index in [0.717, 1.165) is 0 Å². The SMILES string of the molecule is CC(C)(C)n1c(C2C(C)(C)C2(C)C)nnc1S(=O)(=O)Cl. The van der Waals surface area contributed by atoms with Gasteiger partial charge in [0, 0.05) is 22.1 Å². The molecule has 1 fully saturated rings. The Morgan fingerprint density at radius 1 is 1.10 bits per heavy atom. The lowest BCUT2D eigenvalue weighted by Crippen LogP contribution is -2.27. The first-order chi connectivity index (χ1) is 8.72. The van der Waals surface area contributed by atoms with E-state index in [4.69, 9.17) is 10.7 Å². The first kappa shape index (κ1) is 15.8. The van der Waals surface area contributed by atoms with Gasteiger partial charge in [-0.2, -0.15) is 0 Å². The number of aromatic nitrogens is 3. The number of rotatable bonds is 2. The lowest BCUT2D eigenvalue weighted by Gasteiger charge is -2.24. The first-order valence-corrected chi connectivity index (χ1v) is 8.94. The zero-order chi connectivity index (χ0) is 15.7. The molecule has 1 aliphatic carbocycles. The van der Waals surface area contributed by atoms with Gasteiger partial charge in [0.05, 0.1) is 0 Å². The van der Waals surface area contributed by atoms with Gasteiger partial charge in [0.25, 0.3) is 14.2 Å². The summed E-state index contributed by atoms with van der Waals surface area (Å²) in [5.74, 6) is 0.862. The average molecular weight is 320 g/mol. The monoisotopic (exact) mass is 319 g/mol. The van der Waals surface area contributed by atoms with Crippen LogP contribution in [0.5, 0.6) is 0 Å². The Labute approximate surface area is 125 Å². The Kier molecular flexibility index (Phi) is 3.13. The Morgan fingerprint density at radius 2 is 1.55 bits per heavy atom. The van der Waals surface area contributed by atoms with Crippen LogP contribution in [-0.2, 0) is 14.6 Å². The van der Waals surface area contributed by atoms with Crippen LogP contribution in [0.4, 0.5) is 0 Å². The van der Waals surface area contributed by atoms with Crippen LogP contribution in [0.1, 0.15) is 60.2 Å². The summed E-state index contributed by atoms with van der Waals surface area (Å²) < 4.78 is 25.1.